The Morgan fingerprint density at radius 2 is 0.621 bits per heavy atom. The third-order valence-electron chi connectivity index (χ3n) is 15.5. The second-order valence-electron chi connectivity index (χ2n) is 25.1. The molecule has 9 heteroatoms. The number of quaternary nitrogens is 1. The Bertz CT molecular complexity index is 1800. The van der Waals surface area contributed by atoms with Crippen molar-refractivity contribution in [3.05, 3.63) is 109 Å². The quantitative estimate of drug-likeness (QED) is 0.0211. The smallest absolute Gasteiger partial charge is 0.361 e. The maximum absolute atomic E-state index is 13.0. The molecule has 2 atom stereocenters. The molecule has 500 valence electrons. The van der Waals surface area contributed by atoms with Gasteiger partial charge in [0.2, 0.25) is 0 Å². The minimum Gasteiger partial charge on any atom is -0.477 e. The molecule has 0 radical (unpaired) electrons. The first-order chi connectivity index (χ1) is 42.6. The minimum absolute atomic E-state index is 0.183. The molecule has 0 aromatic carbocycles. The van der Waals surface area contributed by atoms with Gasteiger partial charge in [-0.2, -0.15) is 0 Å². The molecular weight excluding hydrogens is 1080 g/mol. The van der Waals surface area contributed by atoms with Gasteiger partial charge in [0.15, 0.2) is 6.10 Å². The predicted molar refractivity (Wildman–Crippen MR) is 373 cm³/mol. The zero-order chi connectivity index (χ0) is 63.3. The summed E-state index contributed by atoms with van der Waals surface area (Å²) in [5, 5.41) is 9.76. The zero-order valence-electron chi connectivity index (χ0n) is 57.2. The summed E-state index contributed by atoms with van der Waals surface area (Å²) in [5.74, 6) is -1.99. The summed E-state index contributed by atoms with van der Waals surface area (Å²) >= 11 is 0. The molecule has 0 saturated carbocycles. The number of nitrogens with zero attached hydrogens (tertiary/aromatic N) is 1. The predicted octanol–water partition coefficient (Wildman–Crippen LogP) is 22.6. The molecule has 0 fully saturated rings. The molecular formula is C78H136NO8+. The van der Waals surface area contributed by atoms with Crippen molar-refractivity contribution in [2.24, 2.45) is 0 Å². The van der Waals surface area contributed by atoms with E-state index in [-0.39, 0.29) is 32.2 Å². The van der Waals surface area contributed by atoms with Crippen molar-refractivity contribution in [2.45, 2.75) is 322 Å². The van der Waals surface area contributed by atoms with Gasteiger partial charge in [0.25, 0.3) is 6.29 Å². The van der Waals surface area contributed by atoms with Crippen LogP contribution >= 0.6 is 0 Å². The highest BCUT2D eigenvalue weighted by Gasteiger charge is 2.25. The summed E-state index contributed by atoms with van der Waals surface area (Å²) < 4.78 is 23.0. The maximum atomic E-state index is 13.0. The van der Waals surface area contributed by atoms with E-state index in [0.29, 0.717) is 17.4 Å². The second kappa shape index (κ2) is 67.9. The molecule has 0 aromatic rings. The van der Waals surface area contributed by atoms with Crippen LogP contribution in [0, 0.1) is 0 Å². The van der Waals surface area contributed by atoms with E-state index in [1.165, 1.54) is 186 Å². The van der Waals surface area contributed by atoms with Crippen LogP contribution < -0.4 is 0 Å². The molecule has 2 unspecified atom stereocenters. The fourth-order valence-corrected chi connectivity index (χ4v) is 10.1. The van der Waals surface area contributed by atoms with Crippen molar-refractivity contribution in [1.82, 2.24) is 0 Å². The molecule has 0 bridgehead atoms. The monoisotopic (exact) mass is 1220 g/mol. The van der Waals surface area contributed by atoms with Gasteiger partial charge in [0.1, 0.15) is 13.2 Å². The SMILES string of the molecule is CC/C=C\C/C=C\C/C=C\C/C=C\C/C=C\CCCCCCCCCCCCCCCCCCCC(=O)OC(COC(=O)CCCCCCCCCCCCCCCCCC/C=C\C/C=C\C/C=C\C/C=C\CC)COC(OCC[N+](C)(C)C)C(=O)O. The van der Waals surface area contributed by atoms with Gasteiger partial charge in [-0.15, -0.1) is 0 Å². The minimum atomic E-state index is -1.51. The van der Waals surface area contributed by atoms with Crippen molar-refractivity contribution in [1.29, 1.82) is 0 Å². The number of hydrogen-bond donors (Lipinski definition) is 1. The number of carboxylic acid groups (broad SMARTS) is 1. The summed E-state index contributed by atoms with van der Waals surface area (Å²) in [4.78, 5) is 37.7. The van der Waals surface area contributed by atoms with E-state index in [9.17, 15) is 19.5 Å². The molecule has 9 nitrogen and oxygen atoms in total. The summed E-state index contributed by atoms with van der Waals surface area (Å²) in [6.45, 7) is 4.68. The summed E-state index contributed by atoms with van der Waals surface area (Å²) in [7, 11) is 5.98. The Kier molecular flexibility index (Phi) is 64.7. The standard InChI is InChI=1S/C78H135NO8/c1-6-8-10-12-14-16-18-20-22-24-26-28-30-32-34-36-37-38-39-41-43-45-47-49-51-53-55-57-59-61-63-65-67-69-76(81)87-74(73-86-78(77(82)83)84-71-70-79(3,4)5)72-85-75(80)68-66-64-62-60-58-56-54-52-50-48-46-44-42-40-35-33-31-29-27-25-23-21-19-17-15-13-11-9-7-2/h8-11,14-17,20-23,26-29,32,34,74,78H,6-7,12-13,18-19,24-25,30-31,33,35-73H2,1-5H3/p+1/b10-8-,11-9-,16-14-,17-15-,22-20-,23-21-,28-26-,29-27-,34-32-. The van der Waals surface area contributed by atoms with Crippen LogP contribution in [0.4, 0.5) is 0 Å². The number of allylic oxidation sites excluding steroid dienone is 18. The zero-order valence-corrected chi connectivity index (χ0v) is 57.2. The number of carboxylic acids is 1. The van der Waals surface area contributed by atoms with Gasteiger partial charge >= 0.3 is 17.9 Å². The van der Waals surface area contributed by atoms with Crippen LogP contribution in [0.25, 0.3) is 0 Å². The van der Waals surface area contributed by atoms with Crippen molar-refractivity contribution in [3.8, 4) is 0 Å². The van der Waals surface area contributed by atoms with Gasteiger partial charge < -0.3 is 28.5 Å². The highest BCUT2D eigenvalue weighted by molar-refractivity contribution is 5.71. The molecule has 1 N–H and O–H groups in total. The molecule has 0 aliphatic carbocycles. The Balaban J connectivity index is 4.08. The number of esters is 2. The Morgan fingerprint density at radius 1 is 0.345 bits per heavy atom. The number of rotatable bonds is 66. The lowest BCUT2D eigenvalue weighted by molar-refractivity contribution is -0.870. The first-order valence-corrected chi connectivity index (χ1v) is 36.1. The number of unbranched alkanes of at least 4 members (excludes halogenated alkanes) is 33. The van der Waals surface area contributed by atoms with E-state index in [4.69, 9.17) is 18.9 Å². The van der Waals surface area contributed by atoms with E-state index < -0.39 is 24.3 Å². The van der Waals surface area contributed by atoms with E-state index in [1.54, 1.807) is 0 Å². The summed E-state index contributed by atoms with van der Waals surface area (Å²) in [6.07, 6.45) is 92.1. The number of aliphatic carboxylic acids is 1. The first kappa shape index (κ1) is 83.0. The average Bonchev–Trinajstić information content (AvgIpc) is 3.59. The lowest BCUT2D eigenvalue weighted by atomic mass is 10.0. The third kappa shape index (κ3) is 69.3. The molecule has 0 aliphatic rings. The third-order valence-corrected chi connectivity index (χ3v) is 15.5. The van der Waals surface area contributed by atoms with Crippen molar-refractivity contribution >= 4 is 17.9 Å². The topological polar surface area (TPSA) is 108 Å². The van der Waals surface area contributed by atoms with Gasteiger partial charge in [0.05, 0.1) is 34.4 Å². The molecule has 0 spiro atoms. The van der Waals surface area contributed by atoms with Crippen LogP contribution in [0.5, 0.6) is 0 Å². The largest absolute Gasteiger partial charge is 0.477 e. The fourth-order valence-electron chi connectivity index (χ4n) is 10.1. The van der Waals surface area contributed by atoms with Gasteiger partial charge in [-0.1, -0.05) is 309 Å². The summed E-state index contributed by atoms with van der Waals surface area (Å²) in [5.41, 5.74) is 0. The summed E-state index contributed by atoms with van der Waals surface area (Å²) in [6, 6.07) is 0. The molecule has 0 rings (SSSR count). The molecule has 87 heavy (non-hydrogen) atoms. The highest BCUT2D eigenvalue weighted by Crippen LogP contribution is 2.18. The molecule has 0 saturated heterocycles. The molecule has 0 aromatic heterocycles. The van der Waals surface area contributed by atoms with Gasteiger partial charge in [-0.3, -0.25) is 9.59 Å². The fraction of sp³-hybridized carbons (Fsp3) is 0.731. The number of carbonyl (C=O) groups is 3. The molecule has 0 amide bonds. The highest BCUT2D eigenvalue weighted by atomic mass is 16.7. The molecule has 0 aliphatic heterocycles. The van der Waals surface area contributed by atoms with Crippen LogP contribution in [-0.2, 0) is 33.3 Å². The van der Waals surface area contributed by atoms with Crippen molar-refractivity contribution in [3.63, 3.8) is 0 Å². The van der Waals surface area contributed by atoms with Crippen LogP contribution in [0.15, 0.2) is 109 Å². The second-order valence-corrected chi connectivity index (χ2v) is 25.1. The van der Waals surface area contributed by atoms with Crippen LogP contribution in [0.1, 0.15) is 309 Å². The lowest BCUT2D eigenvalue weighted by Gasteiger charge is -2.25. The number of likely N-dealkylation sites (N-methyl/N-ethyl adjacent to an activating group) is 1. The van der Waals surface area contributed by atoms with Gasteiger partial charge in [0, 0.05) is 12.8 Å². The van der Waals surface area contributed by atoms with Crippen molar-refractivity contribution < 1.29 is 42.9 Å². The van der Waals surface area contributed by atoms with Crippen LogP contribution in [-0.4, -0.2) is 87.4 Å². The van der Waals surface area contributed by atoms with Gasteiger partial charge in [-0.25, -0.2) is 4.79 Å². The van der Waals surface area contributed by atoms with Crippen molar-refractivity contribution in [2.75, 3.05) is 47.5 Å². The maximum Gasteiger partial charge on any atom is 0.361 e. The number of carbonyl (C=O) groups excluding carboxylic acids is 2. The number of ether oxygens (including phenoxy) is 4. The molecule has 0 heterocycles. The number of hydrogen-bond acceptors (Lipinski definition) is 7. The van der Waals surface area contributed by atoms with Gasteiger partial charge in [-0.05, 0) is 96.3 Å². The van der Waals surface area contributed by atoms with Crippen LogP contribution in [0.2, 0.25) is 0 Å². The Hall–Kier alpha value is -4.05. The van der Waals surface area contributed by atoms with E-state index in [1.807, 2.05) is 21.1 Å². The Labute approximate surface area is 536 Å². The first-order valence-electron chi connectivity index (χ1n) is 36.1. The van der Waals surface area contributed by atoms with E-state index in [0.717, 1.165) is 96.3 Å². The normalized spacial score (nSPS) is 13.3. The van der Waals surface area contributed by atoms with Crippen LogP contribution in [0.3, 0.4) is 0 Å². The average molecular weight is 1220 g/mol. The van der Waals surface area contributed by atoms with E-state index in [2.05, 4.69) is 123 Å². The van der Waals surface area contributed by atoms with E-state index >= 15 is 0 Å². The Morgan fingerprint density at radius 3 is 0.920 bits per heavy atom. The lowest BCUT2D eigenvalue weighted by Crippen LogP contribution is -2.40.